The van der Waals surface area contributed by atoms with Crippen molar-refractivity contribution in [1.82, 2.24) is 14.7 Å². The molecule has 0 radical (unpaired) electrons. The van der Waals surface area contributed by atoms with Crippen LogP contribution in [-0.2, 0) is 0 Å². The van der Waals surface area contributed by atoms with Crippen LogP contribution in [0.5, 0.6) is 0 Å². The van der Waals surface area contributed by atoms with Gasteiger partial charge in [-0.15, -0.1) is 0 Å². The zero-order chi connectivity index (χ0) is 11.0. The summed E-state index contributed by atoms with van der Waals surface area (Å²) in [4.78, 5) is 4.28. The highest BCUT2D eigenvalue weighted by atomic mass is 15.2. The molecule has 1 aliphatic rings. The van der Waals surface area contributed by atoms with Crippen molar-refractivity contribution in [1.29, 1.82) is 0 Å². The lowest BCUT2D eigenvalue weighted by molar-refractivity contribution is 0.563. The number of aromatic nitrogens is 2. The molecule has 84 valence electrons. The fraction of sp³-hybridized carbons (Fsp3) is 0.417. The summed E-state index contributed by atoms with van der Waals surface area (Å²) in [6.07, 6.45) is 4.97. The molecule has 4 heteroatoms. The first-order valence-electron chi connectivity index (χ1n) is 5.68. The molecule has 2 aromatic rings. The average Bonchev–Trinajstić information content (AvgIpc) is 2.87. The van der Waals surface area contributed by atoms with Crippen molar-refractivity contribution >= 4 is 11.5 Å². The maximum atomic E-state index is 4.28. The molecule has 0 aromatic carbocycles. The number of anilines is 1. The molecule has 0 aliphatic carbocycles. The van der Waals surface area contributed by atoms with E-state index in [1.54, 1.807) is 0 Å². The van der Waals surface area contributed by atoms with E-state index in [0.29, 0.717) is 0 Å². The molecule has 4 nitrogen and oxygen atoms in total. The Morgan fingerprint density at radius 3 is 3.25 bits per heavy atom. The van der Waals surface area contributed by atoms with Gasteiger partial charge in [-0.25, -0.2) is 4.98 Å². The average molecular weight is 216 g/mol. The Morgan fingerprint density at radius 2 is 2.44 bits per heavy atom. The van der Waals surface area contributed by atoms with Crippen LogP contribution in [0.1, 0.15) is 13.3 Å². The number of rotatable bonds is 2. The topological polar surface area (TPSA) is 41.4 Å². The minimum absolute atomic E-state index is 0.151. The molecule has 0 spiro atoms. The molecular formula is C12H16N4. The van der Waals surface area contributed by atoms with Crippen LogP contribution in [0.4, 0.5) is 5.82 Å². The van der Waals surface area contributed by atoms with Crippen molar-refractivity contribution in [2.24, 2.45) is 0 Å². The third-order valence-corrected chi connectivity index (χ3v) is 3.23. The molecule has 2 aromatic heterocycles. The van der Waals surface area contributed by atoms with Crippen molar-refractivity contribution in [2.75, 3.05) is 18.4 Å². The normalized spacial score (nSPS) is 25.1. The van der Waals surface area contributed by atoms with Gasteiger partial charge in [0, 0.05) is 24.5 Å². The van der Waals surface area contributed by atoms with Crippen molar-refractivity contribution in [3.8, 4) is 0 Å². The Morgan fingerprint density at radius 1 is 1.50 bits per heavy atom. The number of fused-ring (bicyclic) bond motifs is 1. The van der Waals surface area contributed by atoms with E-state index < -0.39 is 0 Å². The van der Waals surface area contributed by atoms with Crippen LogP contribution in [0.3, 0.4) is 0 Å². The van der Waals surface area contributed by atoms with Gasteiger partial charge in [0.15, 0.2) is 0 Å². The van der Waals surface area contributed by atoms with Gasteiger partial charge in [0.25, 0.3) is 0 Å². The van der Waals surface area contributed by atoms with Gasteiger partial charge in [-0.1, -0.05) is 6.07 Å². The van der Waals surface area contributed by atoms with Crippen LogP contribution >= 0.6 is 0 Å². The largest absolute Gasteiger partial charge is 0.365 e. The minimum Gasteiger partial charge on any atom is -0.365 e. The van der Waals surface area contributed by atoms with E-state index >= 15 is 0 Å². The second-order valence-corrected chi connectivity index (χ2v) is 4.68. The summed E-state index contributed by atoms with van der Waals surface area (Å²) in [6, 6.07) is 6.15. The quantitative estimate of drug-likeness (QED) is 0.799. The first-order valence-corrected chi connectivity index (χ1v) is 5.68. The fourth-order valence-electron chi connectivity index (χ4n) is 2.28. The number of pyridine rings is 1. The van der Waals surface area contributed by atoms with Crippen LogP contribution in [0.15, 0.2) is 30.6 Å². The lowest BCUT2D eigenvalue weighted by Gasteiger charge is -2.26. The highest BCUT2D eigenvalue weighted by Crippen LogP contribution is 2.21. The van der Waals surface area contributed by atoms with Crippen LogP contribution in [0.2, 0.25) is 0 Å². The third-order valence-electron chi connectivity index (χ3n) is 3.23. The van der Waals surface area contributed by atoms with Gasteiger partial charge in [-0.05, 0) is 32.0 Å². The van der Waals surface area contributed by atoms with Gasteiger partial charge in [0.2, 0.25) is 0 Å². The number of nitrogens with one attached hydrogen (secondary N) is 2. The molecule has 16 heavy (non-hydrogen) atoms. The van der Waals surface area contributed by atoms with Crippen molar-refractivity contribution in [3.05, 3.63) is 30.6 Å². The molecule has 1 saturated heterocycles. The SMILES string of the molecule is CC1(Nc2cccc3nccn23)CCNC1. The van der Waals surface area contributed by atoms with Gasteiger partial charge in [0.1, 0.15) is 11.5 Å². The standard InChI is InChI=1S/C12H16N4/c1-12(5-6-13-9-12)15-11-4-2-3-10-14-7-8-16(10)11/h2-4,7-8,13,15H,5-6,9H2,1H3. The monoisotopic (exact) mass is 216 g/mol. The molecule has 0 amide bonds. The van der Waals surface area contributed by atoms with E-state index in [-0.39, 0.29) is 5.54 Å². The third kappa shape index (κ3) is 1.55. The minimum atomic E-state index is 0.151. The van der Waals surface area contributed by atoms with E-state index in [1.807, 2.05) is 24.5 Å². The van der Waals surface area contributed by atoms with Gasteiger partial charge in [-0.3, -0.25) is 4.40 Å². The Labute approximate surface area is 94.7 Å². The zero-order valence-electron chi connectivity index (χ0n) is 9.40. The number of imidazole rings is 1. The summed E-state index contributed by atoms with van der Waals surface area (Å²) in [5.74, 6) is 1.11. The highest BCUT2D eigenvalue weighted by molar-refractivity contribution is 5.51. The van der Waals surface area contributed by atoms with Crippen LogP contribution in [0, 0.1) is 0 Å². The molecular weight excluding hydrogens is 200 g/mol. The van der Waals surface area contributed by atoms with E-state index in [2.05, 4.69) is 33.0 Å². The summed E-state index contributed by atoms with van der Waals surface area (Å²) in [5.41, 5.74) is 1.14. The first-order chi connectivity index (χ1) is 7.77. The van der Waals surface area contributed by atoms with Gasteiger partial charge in [0.05, 0.1) is 0 Å². The van der Waals surface area contributed by atoms with Crippen molar-refractivity contribution < 1.29 is 0 Å². The molecule has 3 heterocycles. The maximum Gasteiger partial charge on any atom is 0.138 e. The lowest BCUT2D eigenvalue weighted by Crippen LogP contribution is -2.37. The second kappa shape index (κ2) is 3.49. The summed E-state index contributed by atoms with van der Waals surface area (Å²) in [5, 5.41) is 6.99. The number of hydrogen-bond acceptors (Lipinski definition) is 3. The fourth-order valence-corrected chi connectivity index (χ4v) is 2.28. The Hall–Kier alpha value is -1.55. The van der Waals surface area contributed by atoms with E-state index in [4.69, 9.17) is 0 Å². The van der Waals surface area contributed by atoms with Crippen LogP contribution in [-0.4, -0.2) is 28.0 Å². The molecule has 1 atom stereocenters. The Balaban J connectivity index is 1.96. The molecule has 0 bridgehead atoms. The predicted molar refractivity (Wildman–Crippen MR) is 64.7 cm³/mol. The summed E-state index contributed by atoms with van der Waals surface area (Å²) in [6.45, 7) is 4.35. The van der Waals surface area contributed by atoms with Gasteiger partial charge in [-0.2, -0.15) is 0 Å². The molecule has 1 unspecified atom stereocenters. The van der Waals surface area contributed by atoms with E-state index in [1.165, 1.54) is 0 Å². The Bertz CT molecular complexity index is 496. The van der Waals surface area contributed by atoms with Crippen LogP contribution < -0.4 is 10.6 Å². The van der Waals surface area contributed by atoms with Crippen molar-refractivity contribution in [3.63, 3.8) is 0 Å². The molecule has 0 saturated carbocycles. The second-order valence-electron chi connectivity index (χ2n) is 4.68. The number of hydrogen-bond donors (Lipinski definition) is 2. The highest BCUT2D eigenvalue weighted by Gasteiger charge is 2.28. The van der Waals surface area contributed by atoms with Crippen LogP contribution in [0.25, 0.3) is 5.65 Å². The summed E-state index contributed by atoms with van der Waals surface area (Å²) < 4.78 is 2.09. The van der Waals surface area contributed by atoms with E-state index in [9.17, 15) is 0 Å². The predicted octanol–water partition coefficient (Wildman–Crippen LogP) is 1.50. The molecule has 1 aliphatic heterocycles. The zero-order valence-corrected chi connectivity index (χ0v) is 9.40. The lowest BCUT2D eigenvalue weighted by atomic mass is 10.0. The Kier molecular flexibility index (Phi) is 2.11. The molecule has 3 rings (SSSR count). The summed E-state index contributed by atoms with van der Waals surface area (Å²) >= 11 is 0. The molecule has 2 N–H and O–H groups in total. The first kappa shape index (κ1) is 9.66. The van der Waals surface area contributed by atoms with E-state index in [0.717, 1.165) is 31.0 Å². The number of nitrogens with zero attached hydrogens (tertiary/aromatic N) is 2. The van der Waals surface area contributed by atoms with Gasteiger partial charge < -0.3 is 10.6 Å². The molecule has 1 fully saturated rings. The van der Waals surface area contributed by atoms with Gasteiger partial charge >= 0.3 is 0 Å². The maximum absolute atomic E-state index is 4.28. The summed E-state index contributed by atoms with van der Waals surface area (Å²) in [7, 11) is 0. The smallest absolute Gasteiger partial charge is 0.138 e. The van der Waals surface area contributed by atoms with Crippen molar-refractivity contribution in [2.45, 2.75) is 18.9 Å².